The Morgan fingerprint density at radius 1 is 1.23 bits per heavy atom. The van der Waals surface area contributed by atoms with Gasteiger partial charge in [0.25, 0.3) is 0 Å². The molecule has 3 aliphatic rings. The summed E-state index contributed by atoms with van der Waals surface area (Å²) >= 11 is 0. The predicted molar refractivity (Wildman–Crippen MR) is 107 cm³/mol. The van der Waals surface area contributed by atoms with E-state index >= 15 is 0 Å². The van der Waals surface area contributed by atoms with Crippen LogP contribution in [0, 0.1) is 10.8 Å². The first-order valence-electron chi connectivity index (χ1n) is 9.62. The Bertz CT molecular complexity index is 769. The van der Waals surface area contributed by atoms with Crippen LogP contribution in [-0.4, -0.2) is 58.3 Å². The van der Waals surface area contributed by atoms with Crippen molar-refractivity contribution in [1.82, 2.24) is 9.29 Å². The fraction of sp³-hybridized carbons (Fsp3) is 0.700. The van der Waals surface area contributed by atoms with Gasteiger partial charge in [0.1, 0.15) is 5.82 Å². The molecule has 6 heteroatoms. The maximum atomic E-state index is 13.7. The lowest BCUT2D eigenvalue weighted by Crippen LogP contribution is -2.38. The molecule has 2 aliphatic heterocycles. The Balaban J connectivity index is 1.57. The normalized spacial score (nSPS) is 33.8. The topological polar surface area (TPSA) is 45.7 Å². The van der Waals surface area contributed by atoms with E-state index in [1.165, 1.54) is 6.42 Å². The summed E-state index contributed by atoms with van der Waals surface area (Å²) in [4.78, 5) is 7.56. The van der Waals surface area contributed by atoms with Gasteiger partial charge in [0.2, 0.25) is 0 Å². The first-order chi connectivity index (χ1) is 12.2. The van der Waals surface area contributed by atoms with E-state index in [0.717, 1.165) is 56.4 Å². The van der Waals surface area contributed by atoms with Crippen molar-refractivity contribution in [2.24, 2.45) is 10.8 Å². The standard InChI is InChI=1S/C20H31N3O2S/c1-19(2)11-16-12-20(3,14-19)15-23(16)26(4,24)17-5-6-18(21-13-17)22-7-9-25-10-8-22/h5-6,13,16H,4,7-12,14-15H2,1-3H3. The molecule has 3 unspecified atom stereocenters. The molecule has 1 aromatic rings. The van der Waals surface area contributed by atoms with Crippen LogP contribution in [0.1, 0.15) is 40.0 Å². The van der Waals surface area contributed by atoms with E-state index in [9.17, 15) is 4.21 Å². The van der Waals surface area contributed by atoms with Crippen LogP contribution in [0.5, 0.6) is 0 Å². The maximum absolute atomic E-state index is 13.7. The summed E-state index contributed by atoms with van der Waals surface area (Å²) in [6.45, 7) is 11.1. The van der Waals surface area contributed by atoms with Gasteiger partial charge in [-0.3, -0.25) is 0 Å². The van der Waals surface area contributed by atoms with E-state index in [2.05, 4.69) is 40.8 Å². The van der Waals surface area contributed by atoms with Gasteiger partial charge in [-0.15, -0.1) is 0 Å². The van der Waals surface area contributed by atoms with Gasteiger partial charge < -0.3 is 9.64 Å². The molecule has 0 amide bonds. The van der Waals surface area contributed by atoms with Crippen LogP contribution in [0.4, 0.5) is 5.82 Å². The zero-order valence-electron chi connectivity index (χ0n) is 16.2. The van der Waals surface area contributed by atoms with E-state index in [4.69, 9.17) is 4.74 Å². The second kappa shape index (κ2) is 6.21. The summed E-state index contributed by atoms with van der Waals surface area (Å²) in [5.74, 6) is 5.11. The minimum absolute atomic E-state index is 0.244. The van der Waals surface area contributed by atoms with E-state index in [1.54, 1.807) is 6.20 Å². The zero-order chi connectivity index (χ0) is 18.6. The molecule has 0 radical (unpaired) electrons. The molecule has 0 N–H and O–H groups in total. The number of hydrogen-bond acceptors (Lipinski definition) is 4. The minimum atomic E-state index is -2.50. The highest BCUT2D eigenvalue weighted by Gasteiger charge is 2.51. The molecule has 3 fully saturated rings. The first-order valence-corrected chi connectivity index (χ1v) is 11.3. The Morgan fingerprint density at radius 2 is 1.96 bits per heavy atom. The number of fused-ring (bicyclic) bond motifs is 2. The van der Waals surface area contributed by atoms with Crippen molar-refractivity contribution >= 4 is 21.4 Å². The molecule has 4 rings (SSSR count). The fourth-order valence-electron chi connectivity index (χ4n) is 5.43. The van der Waals surface area contributed by atoms with Gasteiger partial charge in [0.15, 0.2) is 0 Å². The molecule has 2 bridgehead atoms. The van der Waals surface area contributed by atoms with Crippen LogP contribution in [0.2, 0.25) is 0 Å². The molecule has 0 aromatic carbocycles. The molecule has 26 heavy (non-hydrogen) atoms. The van der Waals surface area contributed by atoms with Crippen molar-refractivity contribution in [3.05, 3.63) is 18.3 Å². The highest BCUT2D eigenvalue weighted by molar-refractivity contribution is 7.98. The van der Waals surface area contributed by atoms with Crippen molar-refractivity contribution in [3.8, 4) is 0 Å². The molecular weight excluding hydrogens is 346 g/mol. The number of rotatable bonds is 3. The molecule has 1 aromatic heterocycles. The quantitative estimate of drug-likeness (QED) is 0.760. The third kappa shape index (κ3) is 3.27. The Kier molecular flexibility index (Phi) is 4.36. The molecule has 1 saturated carbocycles. The SMILES string of the molecule is C=S(=O)(c1ccc(N2CCOCC2)nc1)N1CC2(C)CC1CC(C)(C)C2. The highest BCUT2D eigenvalue weighted by atomic mass is 32.2. The fourth-order valence-corrected chi connectivity index (χ4v) is 7.35. The van der Waals surface area contributed by atoms with Crippen molar-refractivity contribution < 1.29 is 8.95 Å². The van der Waals surface area contributed by atoms with E-state index in [1.807, 2.05) is 12.1 Å². The summed E-state index contributed by atoms with van der Waals surface area (Å²) in [5.41, 5.74) is 0.550. The smallest absolute Gasteiger partial charge is 0.128 e. The average molecular weight is 378 g/mol. The van der Waals surface area contributed by atoms with Gasteiger partial charge in [-0.25, -0.2) is 13.5 Å². The monoisotopic (exact) mass is 377 g/mol. The van der Waals surface area contributed by atoms with Crippen LogP contribution < -0.4 is 4.90 Å². The lowest BCUT2D eigenvalue weighted by Gasteiger charge is -2.39. The molecular formula is C20H31N3O2S. The molecule has 0 spiro atoms. The van der Waals surface area contributed by atoms with Crippen molar-refractivity contribution in [2.45, 2.75) is 51.0 Å². The number of nitrogens with zero attached hydrogens (tertiary/aromatic N) is 3. The molecule has 144 valence electrons. The van der Waals surface area contributed by atoms with Gasteiger partial charge in [0, 0.05) is 31.9 Å². The van der Waals surface area contributed by atoms with Crippen LogP contribution in [0.3, 0.4) is 0 Å². The summed E-state index contributed by atoms with van der Waals surface area (Å²) in [7, 11) is -2.50. The largest absolute Gasteiger partial charge is 0.378 e. The second-order valence-corrected chi connectivity index (χ2v) is 11.6. The molecule has 2 saturated heterocycles. The Hall–Kier alpha value is -1.11. The number of morpholine rings is 1. The molecule has 3 heterocycles. The summed E-state index contributed by atoms with van der Waals surface area (Å²) in [6, 6.07) is 4.30. The summed E-state index contributed by atoms with van der Waals surface area (Å²) < 4.78 is 21.3. The van der Waals surface area contributed by atoms with Crippen molar-refractivity contribution in [1.29, 1.82) is 0 Å². The number of pyridine rings is 1. The maximum Gasteiger partial charge on any atom is 0.128 e. The predicted octanol–water partition coefficient (Wildman–Crippen LogP) is 2.81. The van der Waals surface area contributed by atoms with E-state index in [-0.39, 0.29) is 5.41 Å². The molecule has 3 atom stereocenters. The van der Waals surface area contributed by atoms with Crippen molar-refractivity contribution in [2.75, 3.05) is 37.7 Å². The van der Waals surface area contributed by atoms with Gasteiger partial charge in [-0.05, 0) is 48.1 Å². The lowest BCUT2D eigenvalue weighted by atomic mass is 9.65. The molecule has 1 aliphatic carbocycles. The van der Waals surface area contributed by atoms with Crippen LogP contribution in [0.15, 0.2) is 23.2 Å². The highest BCUT2D eigenvalue weighted by Crippen LogP contribution is 2.53. The third-order valence-electron chi connectivity index (χ3n) is 6.17. The van der Waals surface area contributed by atoms with E-state index in [0.29, 0.717) is 11.5 Å². The number of aromatic nitrogens is 1. The van der Waals surface area contributed by atoms with Crippen LogP contribution in [-0.2, 0) is 14.4 Å². The number of ether oxygens (including phenoxy) is 1. The van der Waals surface area contributed by atoms with E-state index < -0.39 is 9.71 Å². The minimum Gasteiger partial charge on any atom is -0.378 e. The van der Waals surface area contributed by atoms with Gasteiger partial charge >= 0.3 is 0 Å². The Labute approximate surface area is 157 Å². The molecule has 5 nitrogen and oxygen atoms in total. The summed E-state index contributed by atoms with van der Waals surface area (Å²) in [6.07, 6.45) is 5.18. The van der Waals surface area contributed by atoms with Crippen LogP contribution in [0.25, 0.3) is 0 Å². The average Bonchev–Trinajstić information content (AvgIpc) is 2.85. The van der Waals surface area contributed by atoms with Gasteiger partial charge in [0.05, 0.1) is 27.8 Å². The summed E-state index contributed by atoms with van der Waals surface area (Å²) in [5, 5.41) is 0. The lowest BCUT2D eigenvalue weighted by molar-refractivity contribution is 0.122. The second-order valence-electron chi connectivity index (χ2n) is 9.38. The number of hydrogen-bond donors (Lipinski definition) is 0. The van der Waals surface area contributed by atoms with Crippen LogP contribution >= 0.6 is 0 Å². The first kappa shape index (κ1) is 18.3. The van der Waals surface area contributed by atoms with Crippen molar-refractivity contribution in [3.63, 3.8) is 0 Å². The zero-order valence-corrected chi connectivity index (χ0v) is 17.1. The Morgan fingerprint density at radius 3 is 2.62 bits per heavy atom. The third-order valence-corrected chi connectivity index (χ3v) is 8.33. The van der Waals surface area contributed by atoms with Gasteiger partial charge in [-0.2, -0.15) is 0 Å². The van der Waals surface area contributed by atoms with Gasteiger partial charge in [-0.1, -0.05) is 20.8 Å². The number of anilines is 1.